The van der Waals surface area contributed by atoms with Crippen LogP contribution in [0, 0.1) is 6.92 Å². The van der Waals surface area contributed by atoms with Gasteiger partial charge >= 0.3 is 0 Å². The van der Waals surface area contributed by atoms with Gasteiger partial charge in [-0.05, 0) is 56.3 Å². The van der Waals surface area contributed by atoms with Crippen LogP contribution in [0.1, 0.15) is 23.1 Å². The Bertz CT molecular complexity index is 1000. The number of carbonyl (C=O) groups excluding carboxylic acids is 2. The Morgan fingerprint density at radius 3 is 2.59 bits per heavy atom. The van der Waals surface area contributed by atoms with Crippen LogP contribution in [0.15, 0.2) is 60.8 Å². The van der Waals surface area contributed by atoms with Crippen molar-refractivity contribution >= 4 is 17.5 Å². The Balaban J connectivity index is 1.56. The van der Waals surface area contributed by atoms with Crippen LogP contribution in [-0.2, 0) is 4.79 Å². The molecular formula is C22H22N4O3. The minimum atomic E-state index is -0.326. The minimum absolute atomic E-state index is 0.136. The fraction of sp³-hybridized carbons (Fsp3) is 0.182. The number of rotatable bonds is 7. The molecule has 1 aromatic heterocycles. The van der Waals surface area contributed by atoms with Gasteiger partial charge in [0.1, 0.15) is 11.6 Å². The van der Waals surface area contributed by atoms with Crippen molar-refractivity contribution in [2.75, 3.05) is 18.5 Å². The maximum Gasteiger partial charge on any atom is 0.251 e. The summed E-state index contributed by atoms with van der Waals surface area (Å²) in [7, 11) is 0. The molecule has 0 fully saturated rings. The molecular weight excluding hydrogens is 368 g/mol. The normalized spacial score (nSPS) is 10.3. The van der Waals surface area contributed by atoms with E-state index in [0.29, 0.717) is 29.4 Å². The third-order valence-corrected chi connectivity index (χ3v) is 4.06. The Morgan fingerprint density at radius 2 is 1.86 bits per heavy atom. The standard InChI is InChI=1S/C22H22N4O3/c1-3-29-19-9-7-16(8-10-19)22(28)24-14-21(27)26-18-6-4-5-17(13-18)20-11-12-23-15(2)25-20/h4-13H,3,14H2,1-2H3,(H,24,28)(H,26,27). The Labute approximate surface area is 169 Å². The number of aromatic nitrogens is 2. The number of hydrogen-bond donors (Lipinski definition) is 2. The fourth-order valence-corrected chi connectivity index (χ4v) is 2.71. The SMILES string of the molecule is CCOc1ccc(C(=O)NCC(=O)Nc2cccc(-c3ccnc(C)n3)c2)cc1. The number of nitrogens with zero attached hydrogens (tertiary/aromatic N) is 2. The number of amides is 2. The summed E-state index contributed by atoms with van der Waals surface area (Å²) in [6.45, 7) is 4.14. The summed E-state index contributed by atoms with van der Waals surface area (Å²) in [5.41, 5.74) is 2.73. The first-order valence-electron chi connectivity index (χ1n) is 9.26. The lowest BCUT2D eigenvalue weighted by molar-refractivity contribution is -0.115. The van der Waals surface area contributed by atoms with Gasteiger partial charge in [-0.25, -0.2) is 9.97 Å². The summed E-state index contributed by atoms with van der Waals surface area (Å²) in [6, 6.07) is 15.9. The van der Waals surface area contributed by atoms with Crippen LogP contribution in [0.2, 0.25) is 0 Å². The van der Waals surface area contributed by atoms with Gasteiger partial charge < -0.3 is 15.4 Å². The second-order valence-corrected chi connectivity index (χ2v) is 6.26. The summed E-state index contributed by atoms with van der Waals surface area (Å²) in [6.07, 6.45) is 1.69. The molecule has 0 unspecified atom stereocenters. The average molecular weight is 390 g/mol. The van der Waals surface area contributed by atoms with Gasteiger partial charge in [-0.1, -0.05) is 12.1 Å². The molecule has 1 heterocycles. The van der Waals surface area contributed by atoms with Gasteiger partial charge in [0.2, 0.25) is 5.91 Å². The number of carbonyl (C=O) groups is 2. The van der Waals surface area contributed by atoms with E-state index in [0.717, 1.165) is 11.3 Å². The van der Waals surface area contributed by atoms with Crippen molar-refractivity contribution in [1.29, 1.82) is 0 Å². The molecule has 0 atom stereocenters. The second-order valence-electron chi connectivity index (χ2n) is 6.26. The van der Waals surface area contributed by atoms with Gasteiger partial charge in [-0.3, -0.25) is 9.59 Å². The van der Waals surface area contributed by atoms with E-state index in [1.54, 1.807) is 36.5 Å². The first-order chi connectivity index (χ1) is 14.0. The third-order valence-electron chi connectivity index (χ3n) is 4.06. The number of anilines is 1. The van der Waals surface area contributed by atoms with Crippen molar-refractivity contribution in [2.45, 2.75) is 13.8 Å². The summed E-state index contributed by atoms with van der Waals surface area (Å²) in [5, 5.41) is 5.39. The van der Waals surface area contributed by atoms with Crippen LogP contribution < -0.4 is 15.4 Å². The van der Waals surface area contributed by atoms with E-state index in [4.69, 9.17) is 4.74 Å². The molecule has 3 aromatic rings. The summed E-state index contributed by atoms with van der Waals surface area (Å²) in [4.78, 5) is 32.9. The van der Waals surface area contributed by atoms with Crippen LogP contribution in [0.4, 0.5) is 5.69 Å². The van der Waals surface area contributed by atoms with E-state index in [1.165, 1.54) is 0 Å². The van der Waals surface area contributed by atoms with E-state index in [2.05, 4.69) is 20.6 Å². The topological polar surface area (TPSA) is 93.2 Å². The molecule has 2 N–H and O–H groups in total. The van der Waals surface area contributed by atoms with Gasteiger partial charge in [0.15, 0.2) is 0 Å². The van der Waals surface area contributed by atoms with Gasteiger partial charge in [-0.15, -0.1) is 0 Å². The molecule has 0 aliphatic carbocycles. The Kier molecular flexibility index (Phi) is 6.52. The predicted molar refractivity (Wildman–Crippen MR) is 111 cm³/mol. The molecule has 7 nitrogen and oxygen atoms in total. The van der Waals surface area contributed by atoms with E-state index >= 15 is 0 Å². The molecule has 2 amide bonds. The van der Waals surface area contributed by atoms with Crippen LogP contribution in [0.25, 0.3) is 11.3 Å². The maximum atomic E-state index is 12.2. The molecule has 0 saturated heterocycles. The monoisotopic (exact) mass is 390 g/mol. The fourth-order valence-electron chi connectivity index (χ4n) is 2.71. The number of ether oxygens (including phenoxy) is 1. The van der Waals surface area contributed by atoms with Crippen molar-refractivity contribution in [3.8, 4) is 17.0 Å². The maximum absolute atomic E-state index is 12.2. The van der Waals surface area contributed by atoms with Crippen molar-refractivity contribution in [3.63, 3.8) is 0 Å². The molecule has 0 radical (unpaired) electrons. The Hall–Kier alpha value is -3.74. The molecule has 0 aliphatic heterocycles. The van der Waals surface area contributed by atoms with E-state index < -0.39 is 0 Å². The average Bonchev–Trinajstić information content (AvgIpc) is 2.73. The minimum Gasteiger partial charge on any atom is -0.494 e. The Morgan fingerprint density at radius 1 is 1.07 bits per heavy atom. The van der Waals surface area contributed by atoms with E-state index in [9.17, 15) is 9.59 Å². The number of aryl methyl sites for hydroxylation is 1. The van der Waals surface area contributed by atoms with Crippen molar-refractivity contribution < 1.29 is 14.3 Å². The number of nitrogens with one attached hydrogen (secondary N) is 2. The molecule has 29 heavy (non-hydrogen) atoms. The molecule has 2 aromatic carbocycles. The van der Waals surface area contributed by atoms with Crippen LogP contribution in [-0.4, -0.2) is 34.9 Å². The largest absolute Gasteiger partial charge is 0.494 e. The van der Waals surface area contributed by atoms with Gasteiger partial charge in [0, 0.05) is 23.0 Å². The lowest BCUT2D eigenvalue weighted by atomic mass is 10.1. The zero-order valence-electron chi connectivity index (χ0n) is 16.3. The van der Waals surface area contributed by atoms with E-state index in [1.807, 2.05) is 38.1 Å². The molecule has 0 spiro atoms. The van der Waals surface area contributed by atoms with Gasteiger partial charge in [0.25, 0.3) is 5.91 Å². The van der Waals surface area contributed by atoms with Crippen molar-refractivity contribution in [3.05, 3.63) is 72.2 Å². The number of hydrogen-bond acceptors (Lipinski definition) is 5. The number of benzene rings is 2. The first kappa shape index (κ1) is 20.0. The highest BCUT2D eigenvalue weighted by molar-refractivity contribution is 5.99. The summed E-state index contributed by atoms with van der Waals surface area (Å²) >= 11 is 0. The van der Waals surface area contributed by atoms with Crippen LogP contribution in [0.3, 0.4) is 0 Å². The quantitative estimate of drug-likeness (QED) is 0.646. The van der Waals surface area contributed by atoms with Crippen LogP contribution in [0.5, 0.6) is 5.75 Å². The first-order valence-corrected chi connectivity index (χ1v) is 9.26. The van der Waals surface area contributed by atoms with Gasteiger partial charge in [0.05, 0.1) is 18.8 Å². The molecule has 148 valence electrons. The molecule has 0 saturated carbocycles. The van der Waals surface area contributed by atoms with Crippen LogP contribution >= 0.6 is 0 Å². The lowest BCUT2D eigenvalue weighted by Gasteiger charge is -2.09. The molecule has 0 aliphatic rings. The molecule has 0 bridgehead atoms. The zero-order valence-corrected chi connectivity index (χ0v) is 16.3. The van der Waals surface area contributed by atoms with Crippen molar-refractivity contribution in [2.24, 2.45) is 0 Å². The second kappa shape index (κ2) is 9.45. The lowest BCUT2D eigenvalue weighted by Crippen LogP contribution is -2.32. The summed E-state index contributed by atoms with van der Waals surface area (Å²) in [5.74, 6) is 0.725. The van der Waals surface area contributed by atoms with Crippen molar-refractivity contribution in [1.82, 2.24) is 15.3 Å². The van der Waals surface area contributed by atoms with Gasteiger partial charge in [-0.2, -0.15) is 0 Å². The predicted octanol–water partition coefficient (Wildman–Crippen LogP) is 3.22. The van der Waals surface area contributed by atoms with E-state index in [-0.39, 0.29) is 18.4 Å². The smallest absolute Gasteiger partial charge is 0.251 e. The highest BCUT2D eigenvalue weighted by Gasteiger charge is 2.09. The highest BCUT2D eigenvalue weighted by atomic mass is 16.5. The molecule has 3 rings (SSSR count). The molecule has 7 heteroatoms. The zero-order chi connectivity index (χ0) is 20.6. The third kappa shape index (κ3) is 5.62. The summed E-state index contributed by atoms with van der Waals surface area (Å²) < 4.78 is 5.35. The highest BCUT2D eigenvalue weighted by Crippen LogP contribution is 2.20.